The minimum absolute atomic E-state index is 0.131. The number of imidazole rings is 1. The van der Waals surface area contributed by atoms with Crippen LogP contribution in [0.25, 0.3) is 16.6 Å². The maximum absolute atomic E-state index is 13.3. The van der Waals surface area contributed by atoms with Crippen LogP contribution >= 0.6 is 11.6 Å². The lowest BCUT2D eigenvalue weighted by molar-refractivity contribution is -0.0591. The van der Waals surface area contributed by atoms with Crippen molar-refractivity contribution in [2.75, 3.05) is 19.7 Å². The molecule has 3 heterocycles. The van der Waals surface area contributed by atoms with Crippen LogP contribution in [0.3, 0.4) is 0 Å². The Morgan fingerprint density at radius 1 is 1.18 bits per heavy atom. The maximum atomic E-state index is 13.3. The molecule has 2 aliphatic heterocycles. The summed E-state index contributed by atoms with van der Waals surface area (Å²) in [6, 6.07) is 17.4. The molecule has 2 aliphatic rings. The number of carboxylic acids is 1. The van der Waals surface area contributed by atoms with Crippen LogP contribution in [0.4, 0.5) is 4.39 Å². The summed E-state index contributed by atoms with van der Waals surface area (Å²) in [6.45, 7) is 3.99. The molecular formula is C31H29ClFN3O4. The number of hydrogen-bond acceptors (Lipinski definition) is 5. The lowest BCUT2D eigenvalue weighted by Crippen LogP contribution is -2.33. The first-order valence-electron chi connectivity index (χ1n) is 13.4. The maximum Gasteiger partial charge on any atom is 0.335 e. The molecule has 9 heteroatoms. The summed E-state index contributed by atoms with van der Waals surface area (Å²) >= 11 is 6.14. The van der Waals surface area contributed by atoms with Gasteiger partial charge in [0.25, 0.3) is 0 Å². The smallest absolute Gasteiger partial charge is 0.335 e. The zero-order valence-electron chi connectivity index (χ0n) is 21.9. The molecule has 0 bridgehead atoms. The molecule has 40 heavy (non-hydrogen) atoms. The Morgan fingerprint density at radius 2 is 2.05 bits per heavy atom. The number of benzene rings is 3. The first kappa shape index (κ1) is 26.5. The molecule has 0 spiro atoms. The van der Waals surface area contributed by atoms with Crippen molar-refractivity contribution in [3.05, 3.63) is 100 Å². The van der Waals surface area contributed by atoms with Crippen LogP contribution in [-0.4, -0.2) is 51.3 Å². The zero-order chi connectivity index (χ0) is 27.6. The number of carbonyl (C=O) groups is 1. The number of carboxylic acid groups (broad SMARTS) is 1. The summed E-state index contributed by atoms with van der Waals surface area (Å²) < 4.78 is 27.1. The molecule has 0 unspecified atom stereocenters. The SMILES string of the molecule is O=C(O)c1ccc2nc(CN3CC=C(c4cccc(OCc5ccc(F)cc5Cl)c4)CC3)n(C[C@@H]3CCO3)c2c1. The van der Waals surface area contributed by atoms with Crippen LogP contribution in [-0.2, 0) is 24.4 Å². The Kier molecular flexibility index (Phi) is 7.56. The third-order valence-electron chi connectivity index (χ3n) is 7.53. The van der Waals surface area contributed by atoms with E-state index in [4.69, 9.17) is 26.1 Å². The third-order valence-corrected chi connectivity index (χ3v) is 7.88. The average molecular weight is 562 g/mol. The van der Waals surface area contributed by atoms with E-state index in [-0.39, 0.29) is 24.1 Å². The normalized spacial score (nSPS) is 17.4. The van der Waals surface area contributed by atoms with Crippen molar-refractivity contribution < 1.29 is 23.8 Å². The van der Waals surface area contributed by atoms with Gasteiger partial charge < -0.3 is 19.1 Å². The molecular weight excluding hydrogens is 533 g/mol. The number of rotatable bonds is 9. The quantitative estimate of drug-likeness (QED) is 0.263. The molecule has 7 nitrogen and oxygen atoms in total. The fraction of sp³-hybridized carbons (Fsp3) is 0.290. The van der Waals surface area contributed by atoms with Crippen LogP contribution < -0.4 is 4.74 Å². The molecule has 1 N–H and O–H groups in total. The number of hydrogen-bond donors (Lipinski definition) is 1. The molecule has 6 rings (SSSR count). The van der Waals surface area contributed by atoms with Gasteiger partial charge in [-0.1, -0.05) is 35.9 Å². The molecule has 0 radical (unpaired) electrons. The lowest BCUT2D eigenvalue weighted by atomic mass is 9.99. The molecule has 206 valence electrons. The topological polar surface area (TPSA) is 76.8 Å². The monoisotopic (exact) mass is 561 g/mol. The average Bonchev–Trinajstić information content (AvgIpc) is 3.26. The summed E-state index contributed by atoms with van der Waals surface area (Å²) in [6.07, 6.45) is 4.24. The van der Waals surface area contributed by atoms with Crippen LogP contribution in [0.5, 0.6) is 5.75 Å². The molecule has 1 aromatic heterocycles. The molecule has 0 aliphatic carbocycles. The van der Waals surface area contributed by atoms with Crippen molar-refractivity contribution in [2.45, 2.75) is 38.6 Å². The summed E-state index contributed by atoms with van der Waals surface area (Å²) in [5.41, 5.74) is 4.98. The van der Waals surface area contributed by atoms with E-state index in [0.29, 0.717) is 18.1 Å². The van der Waals surface area contributed by atoms with Gasteiger partial charge in [-0.3, -0.25) is 4.90 Å². The first-order valence-corrected chi connectivity index (χ1v) is 13.7. The molecule has 4 aromatic rings. The number of aromatic carboxylic acids is 1. The van der Waals surface area contributed by atoms with E-state index < -0.39 is 5.97 Å². The van der Waals surface area contributed by atoms with Gasteiger partial charge in [0.15, 0.2) is 0 Å². The molecule has 1 fully saturated rings. The zero-order valence-corrected chi connectivity index (χ0v) is 22.6. The van der Waals surface area contributed by atoms with Crippen molar-refractivity contribution in [2.24, 2.45) is 0 Å². The Labute approximate surface area is 236 Å². The van der Waals surface area contributed by atoms with E-state index in [1.807, 2.05) is 18.2 Å². The highest BCUT2D eigenvalue weighted by molar-refractivity contribution is 6.31. The van der Waals surface area contributed by atoms with Crippen LogP contribution in [0, 0.1) is 5.82 Å². The van der Waals surface area contributed by atoms with Crippen molar-refractivity contribution in [1.82, 2.24) is 14.5 Å². The van der Waals surface area contributed by atoms with E-state index in [1.165, 1.54) is 17.7 Å². The van der Waals surface area contributed by atoms with Gasteiger partial charge in [-0.2, -0.15) is 0 Å². The van der Waals surface area contributed by atoms with E-state index >= 15 is 0 Å². The van der Waals surface area contributed by atoms with Gasteiger partial charge in [0, 0.05) is 25.3 Å². The van der Waals surface area contributed by atoms with Gasteiger partial charge >= 0.3 is 5.97 Å². The molecule has 1 atom stereocenters. The predicted octanol–water partition coefficient (Wildman–Crippen LogP) is 6.18. The van der Waals surface area contributed by atoms with Crippen LogP contribution in [0.15, 0.2) is 66.7 Å². The van der Waals surface area contributed by atoms with Gasteiger partial charge in [-0.25, -0.2) is 14.2 Å². The predicted molar refractivity (Wildman–Crippen MR) is 151 cm³/mol. The number of aromatic nitrogens is 2. The van der Waals surface area contributed by atoms with Crippen molar-refractivity contribution >= 4 is 34.2 Å². The van der Waals surface area contributed by atoms with Crippen molar-refractivity contribution in [1.29, 1.82) is 0 Å². The van der Waals surface area contributed by atoms with E-state index in [9.17, 15) is 14.3 Å². The number of halogens is 2. The Morgan fingerprint density at radius 3 is 2.77 bits per heavy atom. The Balaban J connectivity index is 1.15. The van der Waals surface area contributed by atoms with Crippen LogP contribution in [0.2, 0.25) is 5.02 Å². The van der Waals surface area contributed by atoms with Gasteiger partial charge in [-0.05, 0) is 66.4 Å². The van der Waals surface area contributed by atoms with Crippen molar-refractivity contribution in [3.63, 3.8) is 0 Å². The Hall–Kier alpha value is -3.72. The minimum atomic E-state index is -0.946. The fourth-order valence-corrected chi connectivity index (χ4v) is 5.39. The van der Waals surface area contributed by atoms with E-state index in [1.54, 1.807) is 24.3 Å². The highest BCUT2D eigenvalue weighted by atomic mass is 35.5. The van der Waals surface area contributed by atoms with E-state index in [2.05, 4.69) is 21.6 Å². The highest BCUT2D eigenvalue weighted by Gasteiger charge is 2.24. The fourth-order valence-electron chi connectivity index (χ4n) is 5.16. The molecule has 0 saturated carbocycles. The van der Waals surface area contributed by atoms with Gasteiger partial charge in [0.2, 0.25) is 0 Å². The second-order valence-electron chi connectivity index (χ2n) is 10.2. The second kappa shape index (κ2) is 11.4. The van der Waals surface area contributed by atoms with Gasteiger partial charge in [-0.15, -0.1) is 0 Å². The number of ether oxygens (including phenoxy) is 2. The largest absolute Gasteiger partial charge is 0.489 e. The molecule has 0 amide bonds. The van der Waals surface area contributed by atoms with Gasteiger partial charge in [0.05, 0.1) is 40.8 Å². The minimum Gasteiger partial charge on any atom is -0.489 e. The third kappa shape index (κ3) is 5.75. The summed E-state index contributed by atoms with van der Waals surface area (Å²) in [5, 5.41) is 9.84. The summed E-state index contributed by atoms with van der Waals surface area (Å²) in [7, 11) is 0. The number of fused-ring (bicyclic) bond motifs is 1. The first-order chi connectivity index (χ1) is 19.4. The van der Waals surface area contributed by atoms with Crippen LogP contribution in [0.1, 0.15) is 40.2 Å². The van der Waals surface area contributed by atoms with E-state index in [0.717, 1.165) is 66.3 Å². The summed E-state index contributed by atoms with van der Waals surface area (Å²) in [4.78, 5) is 18.8. The molecule has 3 aromatic carbocycles. The number of nitrogens with zero attached hydrogens (tertiary/aromatic N) is 3. The highest BCUT2D eigenvalue weighted by Crippen LogP contribution is 2.28. The summed E-state index contributed by atoms with van der Waals surface area (Å²) in [5.74, 6) is 0.332. The van der Waals surface area contributed by atoms with Gasteiger partial charge in [0.1, 0.15) is 24.0 Å². The second-order valence-corrected chi connectivity index (χ2v) is 10.6. The standard InChI is InChI=1S/C31H29ClFN3O4/c32-27-16-24(33)6-4-23(27)19-40-25-3-1-2-21(14-25)20-8-11-35(12-9-20)18-30-34-28-7-5-22(31(37)38)15-29(28)36(30)17-26-10-13-39-26/h1-8,14-16,26H,9-13,17-19H2,(H,37,38)/t26-/m0/s1. The molecule has 1 saturated heterocycles. The van der Waals surface area contributed by atoms with Crippen molar-refractivity contribution in [3.8, 4) is 5.75 Å². The lowest BCUT2D eigenvalue weighted by Gasteiger charge is -2.29. The Bertz CT molecular complexity index is 1600.